The van der Waals surface area contributed by atoms with Gasteiger partial charge in [-0.05, 0) is 62.3 Å². The van der Waals surface area contributed by atoms with E-state index in [1.165, 1.54) is 0 Å². The van der Waals surface area contributed by atoms with E-state index in [-0.39, 0.29) is 5.11 Å². The molecular weight excluding hydrogens is 336 g/mol. The number of carbonyl (C=O) groups is 2. The van der Waals surface area contributed by atoms with E-state index in [1.54, 1.807) is 12.1 Å². The van der Waals surface area contributed by atoms with Crippen LogP contribution in [0.5, 0.6) is 0 Å². The molecule has 0 saturated heterocycles. The molecule has 0 spiro atoms. The molecule has 0 unspecified atom stereocenters. The monoisotopic (exact) mass is 356 g/mol. The van der Waals surface area contributed by atoms with Crippen molar-refractivity contribution >= 4 is 40.5 Å². The van der Waals surface area contributed by atoms with Crippen molar-refractivity contribution in [3.63, 3.8) is 0 Å². The predicted octanol–water partition coefficient (Wildman–Crippen LogP) is 2.57. The molecule has 0 saturated carbocycles. The minimum absolute atomic E-state index is 0.185. The van der Waals surface area contributed by atoms with E-state index in [1.807, 2.05) is 51.1 Å². The molecule has 130 valence electrons. The summed E-state index contributed by atoms with van der Waals surface area (Å²) in [5.74, 6) is -1.63. The van der Waals surface area contributed by atoms with Gasteiger partial charge in [0.2, 0.25) is 0 Å². The van der Waals surface area contributed by atoms with Gasteiger partial charge in [0, 0.05) is 11.4 Å². The molecule has 2 rings (SSSR count). The van der Waals surface area contributed by atoms with Crippen LogP contribution in [0.25, 0.3) is 0 Å². The fourth-order valence-electron chi connectivity index (χ4n) is 2.04. The molecule has 4 N–H and O–H groups in total. The number of amides is 2. The Hall–Kier alpha value is -2.93. The van der Waals surface area contributed by atoms with E-state index in [9.17, 15) is 9.59 Å². The topological polar surface area (TPSA) is 82.3 Å². The van der Waals surface area contributed by atoms with Crippen LogP contribution < -0.4 is 21.5 Å². The molecular formula is C18H20N4O2S. The second-order valence-electron chi connectivity index (χ2n) is 5.60. The number of anilines is 2. The van der Waals surface area contributed by atoms with E-state index < -0.39 is 11.8 Å². The number of hydrazine groups is 1. The molecule has 6 nitrogen and oxygen atoms in total. The predicted molar refractivity (Wildman–Crippen MR) is 103 cm³/mol. The van der Waals surface area contributed by atoms with Crippen LogP contribution in [0.4, 0.5) is 11.4 Å². The molecule has 0 radical (unpaired) electrons. The molecule has 0 heterocycles. The van der Waals surface area contributed by atoms with Crippen molar-refractivity contribution in [1.82, 2.24) is 10.9 Å². The molecule has 2 aromatic carbocycles. The van der Waals surface area contributed by atoms with Crippen LogP contribution >= 0.6 is 12.2 Å². The van der Waals surface area contributed by atoms with Crippen LogP contribution in [0.1, 0.15) is 16.7 Å². The Morgan fingerprint density at radius 2 is 1.52 bits per heavy atom. The summed E-state index contributed by atoms with van der Waals surface area (Å²) >= 11 is 5.12. The van der Waals surface area contributed by atoms with Gasteiger partial charge in [0.25, 0.3) is 0 Å². The maximum Gasteiger partial charge on any atom is 0.328 e. The molecule has 0 bridgehead atoms. The van der Waals surface area contributed by atoms with Crippen LogP contribution in [-0.4, -0.2) is 16.9 Å². The Kier molecular flexibility index (Phi) is 6.08. The van der Waals surface area contributed by atoms with Gasteiger partial charge in [0.05, 0.1) is 0 Å². The number of rotatable bonds is 2. The van der Waals surface area contributed by atoms with Gasteiger partial charge in [-0.2, -0.15) is 0 Å². The minimum atomic E-state index is -0.842. The molecule has 0 atom stereocenters. The Labute approximate surface area is 152 Å². The lowest BCUT2D eigenvalue weighted by Crippen LogP contribution is -2.48. The third-order valence-corrected chi connectivity index (χ3v) is 3.86. The van der Waals surface area contributed by atoms with Gasteiger partial charge in [-0.3, -0.25) is 20.4 Å². The molecule has 25 heavy (non-hydrogen) atoms. The standard InChI is InChI=1S/C18H20N4O2S/c1-11-7-9-14(10-8-11)19-16(23)17(24)21-22-18(25)20-15-6-4-5-12(2)13(15)3/h4-10H,1-3H3,(H,19,23)(H,21,24)(H2,20,22,25). The largest absolute Gasteiger partial charge is 0.331 e. The Balaban J connectivity index is 1.84. The van der Waals surface area contributed by atoms with Crippen molar-refractivity contribution in [1.29, 1.82) is 0 Å². The summed E-state index contributed by atoms with van der Waals surface area (Å²) in [7, 11) is 0. The lowest BCUT2D eigenvalue weighted by atomic mass is 10.1. The first-order chi connectivity index (χ1) is 11.9. The Bertz CT molecular complexity index is 803. The molecule has 0 aliphatic rings. The smallest absolute Gasteiger partial charge is 0.328 e. The third-order valence-electron chi connectivity index (χ3n) is 3.66. The maximum atomic E-state index is 11.8. The quantitative estimate of drug-likeness (QED) is 0.378. The highest BCUT2D eigenvalue weighted by atomic mass is 32.1. The van der Waals surface area contributed by atoms with Crippen LogP contribution in [-0.2, 0) is 9.59 Å². The second kappa shape index (κ2) is 8.25. The Morgan fingerprint density at radius 3 is 2.20 bits per heavy atom. The number of thiocarbonyl (C=S) groups is 1. The Morgan fingerprint density at radius 1 is 0.840 bits per heavy atom. The fourth-order valence-corrected chi connectivity index (χ4v) is 2.20. The first kappa shape index (κ1) is 18.4. The van der Waals surface area contributed by atoms with Gasteiger partial charge in [-0.25, -0.2) is 0 Å². The van der Waals surface area contributed by atoms with E-state index in [2.05, 4.69) is 21.5 Å². The van der Waals surface area contributed by atoms with Crippen molar-refractivity contribution in [2.75, 3.05) is 10.6 Å². The van der Waals surface area contributed by atoms with Crippen molar-refractivity contribution in [2.45, 2.75) is 20.8 Å². The van der Waals surface area contributed by atoms with Crippen molar-refractivity contribution < 1.29 is 9.59 Å². The first-order valence-corrected chi connectivity index (χ1v) is 8.09. The van der Waals surface area contributed by atoms with E-state index in [4.69, 9.17) is 12.2 Å². The van der Waals surface area contributed by atoms with Crippen LogP contribution in [0.2, 0.25) is 0 Å². The second-order valence-corrected chi connectivity index (χ2v) is 6.01. The number of hydrogen-bond donors (Lipinski definition) is 4. The van der Waals surface area contributed by atoms with E-state index >= 15 is 0 Å². The number of hydrogen-bond acceptors (Lipinski definition) is 3. The molecule has 0 aromatic heterocycles. The number of aryl methyl sites for hydroxylation is 2. The number of carbonyl (C=O) groups excluding carboxylic acids is 2. The number of benzene rings is 2. The van der Waals surface area contributed by atoms with Crippen molar-refractivity contribution in [2.24, 2.45) is 0 Å². The fraction of sp³-hybridized carbons (Fsp3) is 0.167. The van der Waals surface area contributed by atoms with Gasteiger partial charge >= 0.3 is 11.8 Å². The molecule has 7 heteroatoms. The number of nitrogens with one attached hydrogen (secondary N) is 4. The zero-order valence-corrected chi connectivity index (χ0v) is 15.1. The third kappa shape index (κ3) is 5.29. The highest BCUT2D eigenvalue weighted by Crippen LogP contribution is 2.17. The van der Waals surface area contributed by atoms with Crippen molar-refractivity contribution in [3.8, 4) is 0 Å². The summed E-state index contributed by atoms with van der Waals surface area (Å²) in [6.45, 7) is 5.90. The summed E-state index contributed by atoms with van der Waals surface area (Å²) in [4.78, 5) is 23.7. The van der Waals surface area contributed by atoms with Gasteiger partial charge in [0.15, 0.2) is 5.11 Å². The minimum Gasteiger partial charge on any atom is -0.331 e. The summed E-state index contributed by atoms with van der Waals surface area (Å²) in [6, 6.07) is 12.9. The average molecular weight is 356 g/mol. The summed E-state index contributed by atoms with van der Waals surface area (Å²) < 4.78 is 0. The molecule has 0 aliphatic carbocycles. The van der Waals surface area contributed by atoms with E-state index in [0.29, 0.717) is 5.69 Å². The van der Waals surface area contributed by atoms with Crippen molar-refractivity contribution in [3.05, 3.63) is 59.2 Å². The highest BCUT2D eigenvalue weighted by Gasteiger charge is 2.14. The van der Waals surface area contributed by atoms with Crippen LogP contribution in [0, 0.1) is 20.8 Å². The van der Waals surface area contributed by atoms with Gasteiger partial charge in [-0.15, -0.1) is 0 Å². The zero-order valence-electron chi connectivity index (χ0n) is 14.3. The zero-order chi connectivity index (χ0) is 18.4. The molecule has 0 fully saturated rings. The van der Waals surface area contributed by atoms with Gasteiger partial charge in [0.1, 0.15) is 0 Å². The molecule has 0 aliphatic heterocycles. The van der Waals surface area contributed by atoms with Gasteiger partial charge in [-0.1, -0.05) is 29.8 Å². The highest BCUT2D eigenvalue weighted by molar-refractivity contribution is 7.80. The van der Waals surface area contributed by atoms with Crippen LogP contribution in [0.3, 0.4) is 0 Å². The first-order valence-electron chi connectivity index (χ1n) is 7.68. The summed E-state index contributed by atoms with van der Waals surface area (Å²) in [5.41, 5.74) is 9.38. The lowest BCUT2D eigenvalue weighted by molar-refractivity contribution is -0.136. The summed E-state index contributed by atoms with van der Waals surface area (Å²) in [6.07, 6.45) is 0. The van der Waals surface area contributed by atoms with Crippen LogP contribution in [0.15, 0.2) is 42.5 Å². The average Bonchev–Trinajstić information content (AvgIpc) is 2.59. The lowest BCUT2D eigenvalue weighted by Gasteiger charge is -2.14. The SMILES string of the molecule is Cc1ccc(NC(=O)C(=O)NNC(=S)Nc2cccc(C)c2C)cc1. The molecule has 2 amide bonds. The molecule has 2 aromatic rings. The summed E-state index contributed by atoms with van der Waals surface area (Å²) in [5, 5.41) is 5.66. The normalized spacial score (nSPS) is 9.88. The van der Waals surface area contributed by atoms with Gasteiger partial charge < -0.3 is 10.6 Å². The van der Waals surface area contributed by atoms with E-state index in [0.717, 1.165) is 22.4 Å². The maximum absolute atomic E-state index is 11.8.